The molecule has 0 unspecified atom stereocenters. The Kier molecular flexibility index (Phi) is 6.40. The number of carbonyl (C=O) groups excluding carboxylic acids is 1. The molecule has 0 atom stereocenters. The molecule has 4 aromatic rings. The Labute approximate surface area is 209 Å². The molecule has 36 heavy (non-hydrogen) atoms. The number of halogens is 4. The number of benzene rings is 1. The minimum Gasteiger partial charge on any atom is -0.352 e. The molecule has 12 heteroatoms. The number of hydrogen-bond donors (Lipinski definition) is 2. The molecule has 1 aliphatic heterocycles. The van der Waals surface area contributed by atoms with Gasteiger partial charge in [0.2, 0.25) is 0 Å². The lowest BCUT2D eigenvalue weighted by molar-refractivity contribution is -0.141. The summed E-state index contributed by atoms with van der Waals surface area (Å²) in [6.45, 7) is 2.17. The number of urea groups is 1. The summed E-state index contributed by atoms with van der Waals surface area (Å²) in [5, 5.41) is 4.29. The first-order valence-electron chi connectivity index (χ1n) is 11.2. The van der Waals surface area contributed by atoms with Crippen molar-refractivity contribution < 1.29 is 18.0 Å². The average molecular weight is 516 g/mol. The highest BCUT2D eigenvalue weighted by atomic mass is 35.5. The molecule has 0 spiro atoms. The second-order valence-corrected chi connectivity index (χ2v) is 8.77. The maximum absolute atomic E-state index is 12.7. The van der Waals surface area contributed by atoms with E-state index in [-0.39, 0.29) is 12.6 Å². The fourth-order valence-electron chi connectivity index (χ4n) is 4.07. The molecule has 1 aliphatic rings. The lowest BCUT2D eigenvalue weighted by Crippen LogP contribution is -2.52. The standard InChI is InChI=1S/C24H21ClF3N7O/c25-17-4-2-16(3-5-17)19-11-18-21(33-19)31-14-32-22(18)34-7-9-35(10-8-34)23(36)30-13-15-1-6-20(29-12-15)24(26,27)28/h1-6,11-12,14H,7-10,13H2,(H,30,36)(H,31,32,33). The van der Waals surface area contributed by atoms with Gasteiger partial charge in [0.1, 0.15) is 23.5 Å². The van der Waals surface area contributed by atoms with Crippen LogP contribution in [0.25, 0.3) is 22.3 Å². The summed E-state index contributed by atoms with van der Waals surface area (Å²) < 4.78 is 38.0. The Morgan fingerprint density at radius 2 is 1.78 bits per heavy atom. The van der Waals surface area contributed by atoms with Crippen molar-refractivity contribution in [2.75, 3.05) is 31.1 Å². The molecule has 1 fully saturated rings. The maximum Gasteiger partial charge on any atom is 0.433 e. The Bertz CT molecular complexity index is 1370. The van der Waals surface area contributed by atoms with E-state index >= 15 is 0 Å². The van der Waals surface area contributed by atoms with Crippen LogP contribution >= 0.6 is 11.6 Å². The zero-order valence-corrected chi connectivity index (χ0v) is 19.6. The predicted octanol–water partition coefficient (Wildman–Crippen LogP) is 4.72. The average Bonchev–Trinajstić information content (AvgIpc) is 3.32. The van der Waals surface area contributed by atoms with Gasteiger partial charge in [-0.1, -0.05) is 29.8 Å². The number of H-pyrrole nitrogens is 1. The number of pyridine rings is 1. The van der Waals surface area contributed by atoms with E-state index < -0.39 is 11.9 Å². The molecule has 0 bridgehead atoms. The van der Waals surface area contributed by atoms with Gasteiger partial charge in [0.25, 0.3) is 0 Å². The predicted molar refractivity (Wildman–Crippen MR) is 130 cm³/mol. The quantitative estimate of drug-likeness (QED) is 0.410. The van der Waals surface area contributed by atoms with Gasteiger partial charge in [-0.25, -0.2) is 14.8 Å². The first kappa shape index (κ1) is 23.9. The van der Waals surface area contributed by atoms with E-state index in [4.69, 9.17) is 11.6 Å². The van der Waals surface area contributed by atoms with Crippen LogP contribution in [0.4, 0.5) is 23.8 Å². The fraction of sp³-hybridized carbons (Fsp3) is 0.250. The summed E-state index contributed by atoms with van der Waals surface area (Å²) in [7, 11) is 0. The summed E-state index contributed by atoms with van der Waals surface area (Å²) >= 11 is 6.00. The highest BCUT2D eigenvalue weighted by Crippen LogP contribution is 2.30. The monoisotopic (exact) mass is 515 g/mol. The van der Waals surface area contributed by atoms with Crippen molar-refractivity contribution in [2.45, 2.75) is 12.7 Å². The van der Waals surface area contributed by atoms with Crippen molar-refractivity contribution in [1.29, 1.82) is 0 Å². The number of rotatable bonds is 4. The molecule has 1 aromatic carbocycles. The highest BCUT2D eigenvalue weighted by Gasteiger charge is 2.32. The number of nitrogens with zero attached hydrogens (tertiary/aromatic N) is 5. The number of aromatic amines is 1. The third kappa shape index (κ3) is 5.06. The summed E-state index contributed by atoms with van der Waals surface area (Å²) in [4.78, 5) is 31.9. The van der Waals surface area contributed by atoms with Crippen LogP contribution in [0.3, 0.4) is 0 Å². The number of amides is 2. The molecule has 4 heterocycles. The lowest BCUT2D eigenvalue weighted by atomic mass is 10.1. The van der Waals surface area contributed by atoms with Gasteiger partial charge in [-0.05, 0) is 35.4 Å². The topological polar surface area (TPSA) is 90.0 Å². The number of piperazine rings is 1. The van der Waals surface area contributed by atoms with Gasteiger partial charge in [0.05, 0.1) is 5.39 Å². The normalized spacial score (nSPS) is 14.3. The number of fused-ring (bicyclic) bond motifs is 1. The smallest absolute Gasteiger partial charge is 0.352 e. The fourth-order valence-corrected chi connectivity index (χ4v) is 4.20. The van der Waals surface area contributed by atoms with E-state index in [2.05, 4.69) is 30.2 Å². The van der Waals surface area contributed by atoms with Crippen molar-refractivity contribution in [2.24, 2.45) is 0 Å². The molecular weight excluding hydrogens is 495 g/mol. The molecule has 186 valence electrons. The largest absolute Gasteiger partial charge is 0.433 e. The number of nitrogens with one attached hydrogen (secondary N) is 2. The van der Waals surface area contributed by atoms with Gasteiger partial charge in [-0.15, -0.1) is 0 Å². The van der Waals surface area contributed by atoms with Crippen molar-refractivity contribution in [3.8, 4) is 11.3 Å². The van der Waals surface area contributed by atoms with E-state index in [0.29, 0.717) is 36.8 Å². The van der Waals surface area contributed by atoms with Crippen LogP contribution in [0, 0.1) is 0 Å². The molecule has 3 aromatic heterocycles. The van der Waals surface area contributed by atoms with Crippen LogP contribution < -0.4 is 10.2 Å². The Balaban J connectivity index is 1.21. The van der Waals surface area contributed by atoms with Crippen molar-refractivity contribution >= 4 is 34.5 Å². The molecule has 2 N–H and O–H groups in total. The van der Waals surface area contributed by atoms with Crippen molar-refractivity contribution in [3.63, 3.8) is 0 Å². The molecule has 0 saturated carbocycles. The van der Waals surface area contributed by atoms with E-state index in [9.17, 15) is 18.0 Å². The van der Waals surface area contributed by atoms with Crippen LogP contribution in [0.1, 0.15) is 11.3 Å². The number of aromatic nitrogens is 4. The molecular formula is C24H21ClF3N7O. The van der Waals surface area contributed by atoms with Crippen LogP contribution in [-0.2, 0) is 12.7 Å². The molecule has 5 rings (SSSR count). The van der Waals surface area contributed by atoms with Gasteiger partial charge in [0.15, 0.2) is 0 Å². The second kappa shape index (κ2) is 9.65. The van der Waals surface area contributed by atoms with Crippen LogP contribution in [0.15, 0.2) is 55.0 Å². The van der Waals surface area contributed by atoms with Gasteiger partial charge in [-0.3, -0.25) is 4.98 Å². The zero-order chi connectivity index (χ0) is 25.3. The number of carbonyl (C=O) groups is 1. The van der Waals surface area contributed by atoms with Crippen LogP contribution in [-0.4, -0.2) is 57.0 Å². The van der Waals surface area contributed by atoms with Crippen LogP contribution in [0.5, 0.6) is 0 Å². The second-order valence-electron chi connectivity index (χ2n) is 8.33. The summed E-state index contributed by atoms with van der Waals surface area (Å²) in [5.74, 6) is 0.785. The van der Waals surface area contributed by atoms with Crippen molar-refractivity contribution in [1.82, 2.24) is 30.2 Å². The van der Waals surface area contributed by atoms with Gasteiger partial charge in [-0.2, -0.15) is 13.2 Å². The summed E-state index contributed by atoms with van der Waals surface area (Å²) in [5.41, 5.74) is 2.13. The van der Waals surface area contributed by atoms with Gasteiger partial charge >= 0.3 is 12.2 Å². The molecule has 0 radical (unpaired) electrons. The summed E-state index contributed by atoms with van der Waals surface area (Å²) in [6.07, 6.45) is -1.86. The Hall–Kier alpha value is -3.86. The van der Waals surface area contributed by atoms with Crippen molar-refractivity contribution in [3.05, 3.63) is 71.3 Å². The molecule has 8 nitrogen and oxygen atoms in total. The van der Waals surface area contributed by atoms with E-state index in [0.717, 1.165) is 40.4 Å². The minimum absolute atomic E-state index is 0.0908. The highest BCUT2D eigenvalue weighted by molar-refractivity contribution is 6.30. The molecule has 1 saturated heterocycles. The van der Waals surface area contributed by atoms with E-state index in [1.807, 2.05) is 30.3 Å². The Morgan fingerprint density at radius 1 is 1.03 bits per heavy atom. The van der Waals surface area contributed by atoms with Gasteiger partial charge in [0, 0.05) is 49.6 Å². The summed E-state index contributed by atoms with van der Waals surface area (Å²) in [6, 6.07) is 11.4. The number of hydrogen-bond acceptors (Lipinski definition) is 5. The van der Waals surface area contributed by atoms with Crippen LogP contribution in [0.2, 0.25) is 5.02 Å². The van der Waals surface area contributed by atoms with Gasteiger partial charge < -0.3 is 20.1 Å². The van der Waals surface area contributed by atoms with E-state index in [1.54, 1.807) is 4.90 Å². The first-order chi connectivity index (χ1) is 17.3. The minimum atomic E-state index is -4.49. The third-order valence-corrected chi connectivity index (χ3v) is 6.24. The number of anilines is 1. The third-order valence-electron chi connectivity index (χ3n) is 5.99. The van der Waals surface area contributed by atoms with E-state index in [1.165, 1.54) is 12.4 Å². The Morgan fingerprint density at radius 3 is 2.44 bits per heavy atom. The molecule has 0 aliphatic carbocycles. The SMILES string of the molecule is O=C(NCc1ccc(C(F)(F)F)nc1)N1CCN(c2ncnc3[nH]c(-c4ccc(Cl)cc4)cc23)CC1. The lowest BCUT2D eigenvalue weighted by Gasteiger charge is -2.35. The first-order valence-corrected chi connectivity index (χ1v) is 11.6. The number of alkyl halides is 3. The zero-order valence-electron chi connectivity index (χ0n) is 18.9. The maximum atomic E-state index is 12.7. The molecule has 2 amide bonds.